The Kier molecular flexibility index (Phi) is 4.00. The summed E-state index contributed by atoms with van der Waals surface area (Å²) in [6.07, 6.45) is 1.06. The summed E-state index contributed by atoms with van der Waals surface area (Å²) in [6.45, 7) is 9.51. The minimum atomic E-state index is -0.432. The van der Waals surface area contributed by atoms with Crippen LogP contribution < -0.4 is 5.32 Å². The quantitative estimate of drug-likeness (QED) is 0.869. The maximum absolute atomic E-state index is 12.7. The Labute approximate surface area is 132 Å². The van der Waals surface area contributed by atoms with Gasteiger partial charge in [0.1, 0.15) is 11.6 Å². The molecule has 2 atom stereocenters. The van der Waals surface area contributed by atoms with Crippen molar-refractivity contribution in [2.45, 2.75) is 45.4 Å². The number of carbonyl (C=O) groups is 1. The molecule has 1 spiro atoms. The monoisotopic (exact) mass is 302 g/mol. The molecule has 1 N–H and O–H groups in total. The number of esters is 1. The summed E-state index contributed by atoms with van der Waals surface area (Å²) < 4.78 is 5.69. The van der Waals surface area contributed by atoms with E-state index < -0.39 is 5.60 Å². The maximum Gasteiger partial charge on any atom is 0.324 e. The summed E-state index contributed by atoms with van der Waals surface area (Å²) in [6, 6.07) is 10.2. The van der Waals surface area contributed by atoms with Gasteiger partial charge in [0, 0.05) is 25.0 Å². The van der Waals surface area contributed by atoms with Gasteiger partial charge in [-0.3, -0.25) is 9.69 Å². The number of likely N-dealkylation sites (tertiary alicyclic amines) is 1. The zero-order valence-electron chi connectivity index (χ0n) is 13.8. The molecule has 3 rings (SSSR count). The smallest absolute Gasteiger partial charge is 0.324 e. The van der Waals surface area contributed by atoms with Gasteiger partial charge in [-0.2, -0.15) is 0 Å². The third-order valence-electron chi connectivity index (χ3n) is 4.60. The minimum Gasteiger partial charge on any atom is -0.459 e. The lowest BCUT2D eigenvalue weighted by Crippen LogP contribution is -2.68. The summed E-state index contributed by atoms with van der Waals surface area (Å²) in [5.74, 6) is -0.0709. The van der Waals surface area contributed by atoms with Gasteiger partial charge in [0.15, 0.2) is 0 Å². The van der Waals surface area contributed by atoms with Gasteiger partial charge in [-0.1, -0.05) is 30.3 Å². The van der Waals surface area contributed by atoms with Gasteiger partial charge in [0.2, 0.25) is 0 Å². The van der Waals surface area contributed by atoms with Crippen LogP contribution in [-0.2, 0) is 16.1 Å². The summed E-state index contributed by atoms with van der Waals surface area (Å²) in [5, 5.41) is 3.41. The standard InChI is InChI=1S/C18H26N2O2/c1-17(2,3)22-16(21)15-18(9-10-19-12-18)13-20(15)11-14-7-5-4-6-8-14/h4-8,15,19H,9-13H2,1-3H3. The number of nitrogens with one attached hydrogen (secondary N) is 1. The number of nitrogens with zero attached hydrogens (tertiary/aromatic N) is 1. The third kappa shape index (κ3) is 3.03. The molecule has 0 aromatic heterocycles. The molecule has 2 unspecified atom stereocenters. The number of hydrogen-bond acceptors (Lipinski definition) is 4. The van der Waals surface area contributed by atoms with Gasteiger partial charge in [-0.25, -0.2) is 0 Å². The molecule has 120 valence electrons. The Morgan fingerprint density at radius 3 is 2.68 bits per heavy atom. The van der Waals surface area contributed by atoms with Crippen LogP contribution in [0.15, 0.2) is 30.3 Å². The molecule has 0 radical (unpaired) electrons. The van der Waals surface area contributed by atoms with E-state index in [1.165, 1.54) is 5.56 Å². The Morgan fingerprint density at radius 2 is 2.09 bits per heavy atom. The second kappa shape index (κ2) is 5.67. The molecule has 0 aliphatic carbocycles. The van der Waals surface area contributed by atoms with Crippen molar-refractivity contribution in [2.75, 3.05) is 19.6 Å². The molecule has 0 bridgehead atoms. The molecule has 2 fully saturated rings. The number of benzene rings is 1. The SMILES string of the molecule is CC(C)(C)OC(=O)C1N(Cc2ccccc2)CC12CCNC2. The molecule has 2 aliphatic rings. The first-order valence-electron chi connectivity index (χ1n) is 8.11. The Balaban J connectivity index is 1.75. The molecular formula is C18H26N2O2. The van der Waals surface area contributed by atoms with E-state index in [0.29, 0.717) is 0 Å². The zero-order chi connectivity index (χ0) is 15.8. The van der Waals surface area contributed by atoms with Crippen molar-refractivity contribution >= 4 is 5.97 Å². The normalized spacial score (nSPS) is 28.6. The van der Waals surface area contributed by atoms with Crippen LogP contribution >= 0.6 is 0 Å². The maximum atomic E-state index is 12.7. The summed E-state index contributed by atoms with van der Waals surface area (Å²) in [4.78, 5) is 15.0. The average Bonchev–Trinajstić information content (AvgIpc) is 2.87. The topological polar surface area (TPSA) is 41.6 Å². The first-order chi connectivity index (χ1) is 10.4. The van der Waals surface area contributed by atoms with Gasteiger partial charge < -0.3 is 10.1 Å². The lowest BCUT2D eigenvalue weighted by molar-refractivity contribution is -0.181. The van der Waals surface area contributed by atoms with Crippen molar-refractivity contribution in [3.63, 3.8) is 0 Å². The van der Waals surface area contributed by atoms with Crippen LogP contribution in [0, 0.1) is 5.41 Å². The Morgan fingerprint density at radius 1 is 1.36 bits per heavy atom. The van der Waals surface area contributed by atoms with E-state index >= 15 is 0 Å². The molecule has 22 heavy (non-hydrogen) atoms. The molecule has 2 saturated heterocycles. The number of carbonyl (C=O) groups excluding carboxylic acids is 1. The van der Waals surface area contributed by atoms with Gasteiger partial charge in [0.25, 0.3) is 0 Å². The van der Waals surface area contributed by atoms with Crippen molar-refractivity contribution in [2.24, 2.45) is 5.41 Å². The van der Waals surface area contributed by atoms with E-state index in [0.717, 1.165) is 32.6 Å². The molecule has 4 nitrogen and oxygen atoms in total. The van der Waals surface area contributed by atoms with Gasteiger partial charge in [-0.05, 0) is 39.3 Å². The third-order valence-corrected chi connectivity index (χ3v) is 4.60. The molecule has 0 saturated carbocycles. The summed E-state index contributed by atoms with van der Waals surface area (Å²) >= 11 is 0. The van der Waals surface area contributed by atoms with Gasteiger partial charge in [-0.15, -0.1) is 0 Å². The first kappa shape index (κ1) is 15.5. The highest BCUT2D eigenvalue weighted by Gasteiger charge is 2.58. The largest absolute Gasteiger partial charge is 0.459 e. The van der Waals surface area contributed by atoms with Gasteiger partial charge >= 0.3 is 5.97 Å². The fourth-order valence-electron chi connectivity index (χ4n) is 3.71. The highest BCUT2D eigenvalue weighted by molar-refractivity contribution is 5.79. The highest BCUT2D eigenvalue weighted by atomic mass is 16.6. The summed E-state index contributed by atoms with van der Waals surface area (Å²) in [5.41, 5.74) is 0.881. The predicted octanol–water partition coefficient (Wildman–Crippen LogP) is 2.19. The molecular weight excluding hydrogens is 276 g/mol. The van der Waals surface area contributed by atoms with Crippen LogP contribution in [0.4, 0.5) is 0 Å². The number of hydrogen-bond donors (Lipinski definition) is 1. The van der Waals surface area contributed by atoms with Crippen LogP contribution in [0.25, 0.3) is 0 Å². The van der Waals surface area contributed by atoms with E-state index in [9.17, 15) is 4.79 Å². The minimum absolute atomic E-state index is 0.0666. The Hall–Kier alpha value is -1.39. The molecule has 2 aliphatic heterocycles. The van der Waals surface area contributed by atoms with Crippen LogP contribution in [0.1, 0.15) is 32.8 Å². The van der Waals surface area contributed by atoms with Crippen LogP contribution in [-0.4, -0.2) is 42.1 Å². The first-order valence-corrected chi connectivity index (χ1v) is 8.11. The van der Waals surface area contributed by atoms with E-state index in [1.54, 1.807) is 0 Å². The van der Waals surface area contributed by atoms with Crippen molar-refractivity contribution in [1.29, 1.82) is 0 Å². The van der Waals surface area contributed by atoms with E-state index in [1.807, 2.05) is 39.0 Å². The molecule has 2 heterocycles. The van der Waals surface area contributed by atoms with E-state index in [-0.39, 0.29) is 17.4 Å². The van der Waals surface area contributed by atoms with Crippen LogP contribution in [0.5, 0.6) is 0 Å². The average molecular weight is 302 g/mol. The molecule has 4 heteroatoms. The lowest BCUT2D eigenvalue weighted by atomic mass is 9.70. The number of ether oxygens (including phenoxy) is 1. The highest BCUT2D eigenvalue weighted by Crippen LogP contribution is 2.44. The second-order valence-corrected chi connectivity index (χ2v) is 7.62. The Bertz CT molecular complexity index is 530. The molecule has 1 aromatic carbocycles. The van der Waals surface area contributed by atoms with Crippen LogP contribution in [0.2, 0.25) is 0 Å². The zero-order valence-corrected chi connectivity index (χ0v) is 13.8. The van der Waals surface area contributed by atoms with E-state index in [2.05, 4.69) is 22.3 Å². The van der Waals surface area contributed by atoms with Crippen molar-refractivity contribution in [3.8, 4) is 0 Å². The van der Waals surface area contributed by atoms with Gasteiger partial charge in [0.05, 0.1) is 0 Å². The van der Waals surface area contributed by atoms with Crippen molar-refractivity contribution < 1.29 is 9.53 Å². The second-order valence-electron chi connectivity index (χ2n) is 7.62. The van der Waals surface area contributed by atoms with E-state index in [4.69, 9.17) is 4.74 Å². The molecule has 0 amide bonds. The fraction of sp³-hybridized carbons (Fsp3) is 0.611. The number of rotatable bonds is 3. The predicted molar refractivity (Wildman–Crippen MR) is 86.4 cm³/mol. The summed E-state index contributed by atoms with van der Waals surface area (Å²) in [7, 11) is 0. The van der Waals surface area contributed by atoms with Crippen molar-refractivity contribution in [3.05, 3.63) is 35.9 Å². The fourth-order valence-corrected chi connectivity index (χ4v) is 3.71. The molecule has 1 aromatic rings. The van der Waals surface area contributed by atoms with Crippen LogP contribution in [0.3, 0.4) is 0 Å². The van der Waals surface area contributed by atoms with Crippen molar-refractivity contribution in [1.82, 2.24) is 10.2 Å². The lowest BCUT2D eigenvalue weighted by Gasteiger charge is -2.54.